The minimum absolute atomic E-state index is 0.131. The fourth-order valence-corrected chi connectivity index (χ4v) is 5.83. The van der Waals surface area contributed by atoms with Gasteiger partial charge >= 0.3 is 0 Å². The first kappa shape index (κ1) is 20.6. The summed E-state index contributed by atoms with van der Waals surface area (Å²) in [5.41, 5.74) is 1.45. The molecule has 0 bridgehead atoms. The molecule has 4 rings (SSSR count). The number of hydrogen-bond donors (Lipinski definition) is 1. The van der Waals surface area contributed by atoms with Crippen LogP contribution in [0.2, 0.25) is 0 Å². The van der Waals surface area contributed by atoms with Crippen LogP contribution in [0, 0.1) is 0 Å². The summed E-state index contributed by atoms with van der Waals surface area (Å²) in [6.45, 7) is 2.93. The second-order valence-corrected chi connectivity index (χ2v) is 9.79. The highest BCUT2D eigenvalue weighted by Gasteiger charge is 2.33. The first-order chi connectivity index (χ1) is 14.4. The average Bonchev–Trinajstić information content (AvgIpc) is 3.22. The number of carbonyl (C=O) groups excluding carboxylic acids is 1. The van der Waals surface area contributed by atoms with E-state index in [1.807, 2.05) is 6.92 Å². The maximum Gasteiger partial charge on any atom is 0.254 e. The zero-order valence-electron chi connectivity index (χ0n) is 17.0. The van der Waals surface area contributed by atoms with E-state index in [0.29, 0.717) is 48.7 Å². The molecule has 30 heavy (non-hydrogen) atoms. The number of sulfonamides is 1. The Morgan fingerprint density at radius 3 is 2.80 bits per heavy atom. The molecule has 2 aromatic rings. The second-order valence-electron chi connectivity index (χ2n) is 7.78. The first-order valence-electron chi connectivity index (χ1n) is 10.4. The highest BCUT2D eigenvalue weighted by molar-refractivity contribution is 7.92. The van der Waals surface area contributed by atoms with E-state index >= 15 is 0 Å². The van der Waals surface area contributed by atoms with Crippen LogP contribution in [0.5, 0.6) is 0 Å². The lowest BCUT2D eigenvalue weighted by Gasteiger charge is -2.29. The van der Waals surface area contributed by atoms with Crippen LogP contribution in [-0.4, -0.2) is 48.0 Å². The Balaban J connectivity index is 1.63. The van der Waals surface area contributed by atoms with E-state index < -0.39 is 10.0 Å². The third kappa shape index (κ3) is 3.98. The van der Waals surface area contributed by atoms with E-state index in [-0.39, 0.29) is 23.3 Å². The molecule has 0 unspecified atom stereocenters. The Kier molecular flexibility index (Phi) is 5.64. The molecule has 1 atom stereocenters. The molecule has 0 spiro atoms. The molecule has 2 aliphatic rings. The number of aromatic amines is 1. The van der Waals surface area contributed by atoms with Crippen LogP contribution < -0.4 is 9.86 Å². The monoisotopic (exact) mass is 430 g/mol. The van der Waals surface area contributed by atoms with Crippen molar-refractivity contribution in [2.24, 2.45) is 0 Å². The van der Waals surface area contributed by atoms with Gasteiger partial charge in [0.25, 0.3) is 11.5 Å². The van der Waals surface area contributed by atoms with E-state index in [9.17, 15) is 18.0 Å². The fraction of sp³-hybridized carbons (Fsp3) is 0.476. The lowest BCUT2D eigenvalue weighted by Crippen LogP contribution is -2.38. The van der Waals surface area contributed by atoms with Crippen molar-refractivity contribution in [3.63, 3.8) is 0 Å². The van der Waals surface area contributed by atoms with Crippen molar-refractivity contribution in [2.45, 2.75) is 45.1 Å². The van der Waals surface area contributed by atoms with Crippen molar-refractivity contribution in [2.75, 3.05) is 23.1 Å². The van der Waals surface area contributed by atoms with Gasteiger partial charge in [0.1, 0.15) is 5.82 Å². The predicted octanol–water partition coefficient (Wildman–Crippen LogP) is 2.24. The maximum atomic E-state index is 13.3. The third-order valence-electron chi connectivity index (χ3n) is 5.73. The number of hydrogen-bond acceptors (Lipinski definition) is 5. The predicted molar refractivity (Wildman–Crippen MR) is 114 cm³/mol. The van der Waals surface area contributed by atoms with Gasteiger partial charge in [0, 0.05) is 30.4 Å². The molecule has 1 aromatic heterocycles. The molecule has 160 valence electrons. The summed E-state index contributed by atoms with van der Waals surface area (Å²) in [5, 5.41) is 0. The minimum Gasteiger partial charge on any atom is -0.328 e. The van der Waals surface area contributed by atoms with Gasteiger partial charge in [-0.1, -0.05) is 13.0 Å². The Morgan fingerprint density at radius 2 is 2.03 bits per heavy atom. The van der Waals surface area contributed by atoms with Crippen LogP contribution in [0.1, 0.15) is 60.5 Å². The molecule has 1 amide bonds. The van der Waals surface area contributed by atoms with E-state index in [1.54, 1.807) is 29.2 Å². The Morgan fingerprint density at radius 1 is 1.20 bits per heavy atom. The number of anilines is 1. The standard InChI is InChI=1S/C21H26N4O4S/c1-2-16-14-19(26)23-20(22-16)18-9-6-10-24(18)21(27)15-7-5-8-17(13-15)25-11-3-4-12-30(25,28)29/h5,7-8,13-14,18H,2-4,6,9-12H2,1H3,(H,22,23,26)/t18-/m0/s1. The molecular formula is C21H26N4O4S. The molecule has 0 radical (unpaired) electrons. The minimum atomic E-state index is -3.35. The van der Waals surface area contributed by atoms with Crippen LogP contribution in [0.4, 0.5) is 5.69 Å². The summed E-state index contributed by atoms with van der Waals surface area (Å²) in [5.74, 6) is 0.463. The molecule has 2 aliphatic heterocycles. The van der Waals surface area contributed by atoms with Crippen LogP contribution in [0.25, 0.3) is 0 Å². The van der Waals surface area contributed by atoms with Gasteiger partial charge in [-0.25, -0.2) is 13.4 Å². The van der Waals surface area contributed by atoms with Gasteiger partial charge in [0.15, 0.2) is 0 Å². The number of nitrogens with one attached hydrogen (secondary N) is 1. The van der Waals surface area contributed by atoms with Crippen molar-refractivity contribution in [1.82, 2.24) is 14.9 Å². The highest BCUT2D eigenvalue weighted by Crippen LogP contribution is 2.32. The van der Waals surface area contributed by atoms with Gasteiger partial charge in [-0.15, -0.1) is 0 Å². The zero-order valence-corrected chi connectivity index (χ0v) is 17.8. The largest absolute Gasteiger partial charge is 0.328 e. The van der Waals surface area contributed by atoms with E-state index in [4.69, 9.17) is 0 Å². The molecule has 0 aliphatic carbocycles. The summed E-state index contributed by atoms with van der Waals surface area (Å²) in [6, 6.07) is 7.99. The highest BCUT2D eigenvalue weighted by atomic mass is 32.2. The first-order valence-corrected chi connectivity index (χ1v) is 12.0. The van der Waals surface area contributed by atoms with Crippen LogP contribution in [-0.2, 0) is 16.4 Å². The number of nitrogens with zero attached hydrogens (tertiary/aromatic N) is 3. The van der Waals surface area contributed by atoms with E-state index in [2.05, 4.69) is 9.97 Å². The normalized spacial score (nSPS) is 21.0. The molecule has 9 heteroatoms. The fourth-order valence-electron chi connectivity index (χ4n) is 4.20. The van der Waals surface area contributed by atoms with Gasteiger partial charge in [-0.05, 0) is 50.3 Å². The number of rotatable bonds is 4. The smallest absolute Gasteiger partial charge is 0.254 e. The van der Waals surface area contributed by atoms with Gasteiger partial charge < -0.3 is 9.88 Å². The summed E-state index contributed by atoms with van der Waals surface area (Å²) in [4.78, 5) is 34.3. The van der Waals surface area contributed by atoms with Gasteiger partial charge in [0.2, 0.25) is 10.0 Å². The number of benzene rings is 1. The topological polar surface area (TPSA) is 103 Å². The van der Waals surface area contributed by atoms with Crippen LogP contribution in [0.15, 0.2) is 35.1 Å². The molecule has 2 saturated heterocycles. The average molecular weight is 431 g/mol. The number of aryl methyl sites for hydroxylation is 1. The number of carbonyl (C=O) groups is 1. The lowest BCUT2D eigenvalue weighted by atomic mass is 10.1. The zero-order chi connectivity index (χ0) is 21.3. The molecule has 1 aromatic carbocycles. The Labute approximate surface area is 176 Å². The maximum absolute atomic E-state index is 13.3. The molecule has 0 saturated carbocycles. The van der Waals surface area contributed by atoms with Crippen molar-refractivity contribution in [3.8, 4) is 0 Å². The molecule has 2 fully saturated rings. The van der Waals surface area contributed by atoms with Crippen molar-refractivity contribution >= 4 is 21.6 Å². The number of amides is 1. The molecule has 8 nitrogen and oxygen atoms in total. The van der Waals surface area contributed by atoms with Crippen molar-refractivity contribution in [1.29, 1.82) is 0 Å². The van der Waals surface area contributed by atoms with Crippen molar-refractivity contribution < 1.29 is 13.2 Å². The summed E-state index contributed by atoms with van der Waals surface area (Å²) >= 11 is 0. The number of likely N-dealkylation sites (tertiary alicyclic amines) is 1. The summed E-state index contributed by atoms with van der Waals surface area (Å²) in [6.07, 6.45) is 3.65. The van der Waals surface area contributed by atoms with Gasteiger partial charge in [-0.3, -0.25) is 13.9 Å². The summed E-state index contributed by atoms with van der Waals surface area (Å²) < 4.78 is 26.3. The van der Waals surface area contributed by atoms with Gasteiger partial charge in [0.05, 0.1) is 17.5 Å². The molecular weight excluding hydrogens is 404 g/mol. The van der Waals surface area contributed by atoms with Crippen LogP contribution >= 0.6 is 0 Å². The molecule has 1 N–H and O–H groups in total. The van der Waals surface area contributed by atoms with E-state index in [1.165, 1.54) is 10.4 Å². The number of aromatic nitrogens is 2. The third-order valence-corrected chi connectivity index (χ3v) is 7.60. The van der Waals surface area contributed by atoms with Crippen LogP contribution in [0.3, 0.4) is 0 Å². The number of H-pyrrole nitrogens is 1. The second kappa shape index (κ2) is 8.22. The van der Waals surface area contributed by atoms with E-state index in [0.717, 1.165) is 19.3 Å². The lowest BCUT2D eigenvalue weighted by molar-refractivity contribution is 0.0729. The SMILES string of the molecule is CCc1cc(=O)[nH]c([C@@H]2CCCN2C(=O)c2cccc(N3CCCCS3(=O)=O)c2)n1. The van der Waals surface area contributed by atoms with Gasteiger partial charge in [-0.2, -0.15) is 0 Å². The van der Waals surface area contributed by atoms with Crippen molar-refractivity contribution in [3.05, 3.63) is 57.8 Å². The summed E-state index contributed by atoms with van der Waals surface area (Å²) in [7, 11) is -3.35. The molecule has 3 heterocycles. The Bertz CT molecular complexity index is 1110. The Hall–Kier alpha value is -2.68. The quantitative estimate of drug-likeness (QED) is 0.801.